The number of nitrogens with zero attached hydrogens (tertiary/aromatic N) is 2. The van der Waals surface area contributed by atoms with Gasteiger partial charge in [0, 0.05) is 40.3 Å². The van der Waals surface area contributed by atoms with Crippen LogP contribution in [0.5, 0.6) is 0 Å². The summed E-state index contributed by atoms with van der Waals surface area (Å²) in [5, 5.41) is 3.20. The highest BCUT2D eigenvalue weighted by Crippen LogP contribution is 2.23. The number of rotatable bonds is 7. The topological polar surface area (TPSA) is 117 Å². The average molecular weight is 447 g/mol. The minimum atomic E-state index is -3.61. The number of nitrogens with one attached hydrogen (secondary N) is 2. The molecule has 0 radical (unpaired) electrons. The maximum Gasteiger partial charge on any atom is 0.240 e. The summed E-state index contributed by atoms with van der Waals surface area (Å²) in [6, 6.07) is 6.63. The maximum atomic E-state index is 12.4. The van der Waals surface area contributed by atoms with E-state index in [1.165, 1.54) is 13.2 Å². The molecule has 11 heteroatoms. The van der Waals surface area contributed by atoms with Gasteiger partial charge in [-0.15, -0.1) is 0 Å². The van der Waals surface area contributed by atoms with Gasteiger partial charge < -0.3 is 15.0 Å². The lowest BCUT2D eigenvalue weighted by Gasteiger charge is -2.39. The van der Waals surface area contributed by atoms with Gasteiger partial charge in [0.05, 0.1) is 22.0 Å². The largest absolute Gasteiger partial charge is 0.383 e. The smallest absolute Gasteiger partial charge is 0.240 e. The van der Waals surface area contributed by atoms with Crippen molar-refractivity contribution in [3.8, 4) is 0 Å². The quantitative estimate of drug-likeness (QED) is 0.349. The molecule has 0 bridgehead atoms. The number of guanidine groups is 1. The fourth-order valence-corrected chi connectivity index (χ4v) is 5.47. The van der Waals surface area contributed by atoms with E-state index in [0.717, 1.165) is 5.56 Å². The molecule has 2 N–H and O–H groups in total. The molecule has 164 valence electrons. The summed E-state index contributed by atoms with van der Waals surface area (Å²) in [4.78, 5) is 6.34. The Balaban J connectivity index is 2.05. The Labute approximate surface area is 173 Å². The number of hydrogen-bond acceptors (Lipinski definition) is 6. The van der Waals surface area contributed by atoms with E-state index in [9.17, 15) is 16.8 Å². The molecule has 0 atom stereocenters. The van der Waals surface area contributed by atoms with Crippen molar-refractivity contribution in [1.82, 2.24) is 14.9 Å². The molecule has 1 aromatic rings. The minimum Gasteiger partial charge on any atom is -0.383 e. The maximum absolute atomic E-state index is 12.4. The summed E-state index contributed by atoms with van der Waals surface area (Å²) in [6.07, 6.45) is 0. The van der Waals surface area contributed by atoms with Crippen molar-refractivity contribution < 1.29 is 21.6 Å². The van der Waals surface area contributed by atoms with Gasteiger partial charge in [0.2, 0.25) is 10.0 Å². The first kappa shape index (κ1) is 23.6. The highest BCUT2D eigenvalue weighted by Gasteiger charge is 2.40. The second kappa shape index (κ2) is 9.41. The van der Waals surface area contributed by atoms with Gasteiger partial charge in [0.15, 0.2) is 15.8 Å². The number of aliphatic imine (C=N–C) groups is 1. The third kappa shape index (κ3) is 5.91. The summed E-state index contributed by atoms with van der Waals surface area (Å²) in [6.45, 7) is 4.98. The lowest BCUT2D eigenvalue weighted by molar-refractivity contribution is 0.204. The second-order valence-corrected chi connectivity index (χ2v) is 11.9. The highest BCUT2D eigenvalue weighted by atomic mass is 32.2. The van der Waals surface area contributed by atoms with Crippen LogP contribution in [0, 0.1) is 0 Å². The normalized spacial score (nSPS) is 19.2. The van der Waals surface area contributed by atoms with Crippen LogP contribution in [-0.4, -0.2) is 78.6 Å². The van der Waals surface area contributed by atoms with Gasteiger partial charge in [-0.2, -0.15) is 0 Å². The molecular weight excluding hydrogens is 416 g/mol. The van der Waals surface area contributed by atoms with Crippen LogP contribution < -0.4 is 10.0 Å². The van der Waals surface area contributed by atoms with E-state index >= 15 is 0 Å². The molecule has 0 spiro atoms. The Bertz CT molecular complexity index is 943. The predicted octanol–water partition coefficient (Wildman–Crippen LogP) is 0.196. The SMILES string of the molecule is CN=C(NCc1cccc(S(=O)(=O)NCCOC)c1)N1CCS(=O)(=O)C(C)(C)C1. The fraction of sp³-hybridized carbons (Fsp3) is 0.611. The summed E-state index contributed by atoms with van der Waals surface area (Å²) in [7, 11) is -3.61. The zero-order valence-electron chi connectivity index (χ0n) is 17.3. The van der Waals surface area contributed by atoms with Crippen LogP contribution in [0.1, 0.15) is 19.4 Å². The fourth-order valence-electron chi connectivity index (χ4n) is 3.02. The van der Waals surface area contributed by atoms with E-state index in [1.807, 2.05) is 11.0 Å². The molecular formula is C18H30N4O5S2. The number of ether oxygens (including phenoxy) is 1. The van der Waals surface area contributed by atoms with Crippen LogP contribution in [-0.2, 0) is 31.1 Å². The molecule has 1 saturated heterocycles. The van der Waals surface area contributed by atoms with Crippen molar-refractivity contribution in [3.05, 3.63) is 29.8 Å². The lowest BCUT2D eigenvalue weighted by atomic mass is 10.2. The van der Waals surface area contributed by atoms with Crippen molar-refractivity contribution in [3.63, 3.8) is 0 Å². The van der Waals surface area contributed by atoms with Crippen LogP contribution in [0.4, 0.5) is 0 Å². The van der Waals surface area contributed by atoms with Gasteiger partial charge >= 0.3 is 0 Å². The average Bonchev–Trinajstić information content (AvgIpc) is 2.65. The van der Waals surface area contributed by atoms with Gasteiger partial charge in [-0.1, -0.05) is 12.1 Å². The van der Waals surface area contributed by atoms with Crippen molar-refractivity contribution >= 4 is 25.8 Å². The molecule has 2 rings (SSSR count). The lowest BCUT2D eigenvalue weighted by Crippen LogP contribution is -2.57. The Morgan fingerprint density at radius 2 is 2.07 bits per heavy atom. The summed E-state index contributed by atoms with van der Waals surface area (Å²) in [5.41, 5.74) is 0.768. The predicted molar refractivity (Wildman–Crippen MR) is 113 cm³/mol. The Morgan fingerprint density at radius 3 is 2.69 bits per heavy atom. The Hall–Kier alpha value is -1.69. The number of hydrogen-bond donors (Lipinski definition) is 2. The van der Waals surface area contributed by atoms with Crippen molar-refractivity contribution in [2.24, 2.45) is 4.99 Å². The van der Waals surface area contributed by atoms with Gasteiger partial charge in [-0.05, 0) is 31.5 Å². The molecule has 1 aliphatic heterocycles. The number of benzene rings is 1. The van der Waals surface area contributed by atoms with E-state index in [0.29, 0.717) is 32.2 Å². The Morgan fingerprint density at radius 1 is 1.34 bits per heavy atom. The molecule has 0 aromatic heterocycles. The van der Waals surface area contributed by atoms with Gasteiger partial charge in [-0.3, -0.25) is 4.99 Å². The van der Waals surface area contributed by atoms with Gasteiger partial charge in [0.1, 0.15) is 0 Å². The van der Waals surface area contributed by atoms with E-state index < -0.39 is 24.6 Å². The van der Waals surface area contributed by atoms with Gasteiger partial charge in [-0.25, -0.2) is 21.6 Å². The monoisotopic (exact) mass is 446 g/mol. The van der Waals surface area contributed by atoms with Crippen LogP contribution in [0.3, 0.4) is 0 Å². The van der Waals surface area contributed by atoms with Crippen molar-refractivity contribution in [2.45, 2.75) is 30.0 Å². The Kier molecular flexibility index (Phi) is 7.66. The minimum absolute atomic E-state index is 0.0710. The van der Waals surface area contributed by atoms with Gasteiger partial charge in [0.25, 0.3) is 0 Å². The van der Waals surface area contributed by atoms with Crippen molar-refractivity contribution in [2.75, 3.05) is 46.2 Å². The molecule has 0 saturated carbocycles. The summed E-state index contributed by atoms with van der Waals surface area (Å²) < 4.78 is 55.6. The molecule has 29 heavy (non-hydrogen) atoms. The second-order valence-electron chi connectivity index (χ2n) is 7.44. The summed E-state index contributed by atoms with van der Waals surface area (Å²) >= 11 is 0. The van der Waals surface area contributed by atoms with Crippen LogP contribution in [0.15, 0.2) is 34.2 Å². The van der Waals surface area contributed by atoms with E-state index in [4.69, 9.17) is 4.74 Å². The molecule has 9 nitrogen and oxygen atoms in total. The molecule has 1 heterocycles. The summed E-state index contributed by atoms with van der Waals surface area (Å²) in [5.74, 6) is 0.654. The van der Waals surface area contributed by atoms with Crippen LogP contribution in [0.2, 0.25) is 0 Å². The number of sulfone groups is 1. The first-order valence-corrected chi connectivity index (χ1v) is 12.4. The highest BCUT2D eigenvalue weighted by molar-refractivity contribution is 7.92. The molecule has 0 amide bonds. The van der Waals surface area contributed by atoms with Crippen molar-refractivity contribution in [1.29, 1.82) is 0 Å². The third-order valence-electron chi connectivity index (χ3n) is 4.81. The first-order valence-electron chi connectivity index (χ1n) is 9.28. The number of methoxy groups -OCH3 is 1. The van der Waals surface area contributed by atoms with Crippen LogP contribution in [0.25, 0.3) is 0 Å². The first-order chi connectivity index (χ1) is 13.5. The van der Waals surface area contributed by atoms with Crippen LogP contribution >= 0.6 is 0 Å². The molecule has 1 aromatic carbocycles. The molecule has 1 fully saturated rings. The molecule has 0 aliphatic carbocycles. The molecule has 1 aliphatic rings. The zero-order chi connectivity index (χ0) is 21.7. The van der Waals surface area contributed by atoms with E-state index in [2.05, 4.69) is 15.0 Å². The number of sulfonamides is 1. The standard InChI is InChI=1S/C18H30N4O5S2/c1-18(2)14-22(9-11-28(18,23)24)17(19-3)20-13-15-6-5-7-16(12-15)29(25,26)21-8-10-27-4/h5-7,12,21H,8-11,13-14H2,1-4H3,(H,19,20). The zero-order valence-corrected chi connectivity index (χ0v) is 18.9. The third-order valence-corrected chi connectivity index (χ3v) is 8.80. The van der Waals surface area contributed by atoms with E-state index in [1.54, 1.807) is 33.0 Å². The molecule has 0 unspecified atom stereocenters. The van der Waals surface area contributed by atoms with E-state index in [-0.39, 0.29) is 17.2 Å².